The maximum Gasteiger partial charge on any atom is 0.281 e. The average Bonchev–Trinajstić information content (AvgIpc) is 2.64. The Bertz CT molecular complexity index is 409. The van der Waals surface area contributed by atoms with Crippen molar-refractivity contribution < 1.29 is 4.42 Å². The van der Waals surface area contributed by atoms with Crippen LogP contribution < -0.4 is 5.73 Å². The number of hydrogen-bond donors (Lipinski definition) is 2. The second-order valence-corrected chi connectivity index (χ2v) is 3.33. The molecule has 0 saturated carbocycles. The van der Waals surface area contributed by atoms with E-state index in [4.69, 9.17) is 10.2 Å². The van der Waals surface area contributed by atoms with E-state index in [1.165, 1.54) is 11.8 Å². The number of nitrogens with zero attached hydrogens (tertiary/aromatic N) is 3. The largest absolute Gasteiger partial charge is 0.416 e. The van der Waals surface area contributed by atoms with Crippen molar-refractivity contribution in [2.75, 3.05) is 5.73 Å². The van der Waals surface area contributed by atoms with Crippen LogP contribution in [0.5, 0.6) is 0 Å². The van der Waals surface area contributed by atoms with Gasteiger partial charge in [-0.3, -0.25) is 5.10 Å². The Balaban J connectivity index is 2.19. The molecule has 0 saturated heterocycles. The molecule has 2 aromatic rings. The van der Waals surface area contributed by atoms with Crippen LogP contribution in [0.4, 0.5) is 5.82 Å². The molecule has 2 rings (SSSR count). The molecule has 0 spiro atoms. The molecule has 68 valence electrons. The minimum Gasteiger partial charge on any atom is -0.416 e. The average molecular weight is 197 g/mol. The van der Waals surface area contributed by atoms with Crippen molar-refractivity contribution in [3.05, 3.63) is 12.1 Å². The Morgan fingerprint density at radius 1 is 1.54 bits per heavy atom. The van der Waals surface area contributed by atoms with Crippen molar-refractivity contribution in [3.8, 4) is 0 Å². The molecule has 0 bridgehead atoms. The second-order valence-electron chi connectivity index (χ2n) is 2.34. The molecule has 0 atom stereocenters. The van der Waals surface area contributed by atoms with Crippen molar-refractivity contribution >= 4 is 17.6 Å². The molecule has 13 heavy (non-hydrogen) atoms. The summed E-state index contributed by atoms with van der Waals surface area (Å²) in [7, 11) is 0. The van der Waals surface area contributed by atoms with Crippen LogP contribution in [0, 0.1) is 6.92 Å². The molecule has 0 aliphatic carbocycles. The molecule has 2 aromatic heterocycles. The van der Waals surface area contributed by atoms with E-state index in [0.29, 0.717) is 16.9 Å². The summed E-state index contributed by atoms with van der Waals surface area (Å²) >= 11 is 1.28. The van der Waals surface area contributed by atoms with Gasteiger partial charge in [-0.05, 0) is 11.8 Å². The third-order valence-electron chi connectivity index (χ3n) is 1.34. The van der Waals surface area contributed by atoms with Crippen LogP contribution in [-0.2, 0) is 0 Å². The number of nitrogen functional groups attached to an aromatic ring is 1. The molecule has 0 aliphatic rings. The van der Waals surface area contributed by atoms with Crippen molar-refractivity contribution in [1.82, 2.24) is 20.4 Å². The summed E-state index contributed by atoms with van der Waals surface area (Å²) in [5.74, 6) is 1.03. The summed E-state index contributed by atoms with van der Waals surface area (Å²) in [6.07, 6.45) is 1.61. The van der Waals surface area contributed by atoms with Crippen LogP contribution in [-0.4, -0.2) is 20.4 Å². The van der Waals surface area contributed by atoms with Crippen molar-refractivity contribution in [3.63, 3.8) is 0 Å². The minimum absolute atomic E-state index is 0.464. The summed E-state index contributed by atoms with van der Waals surface area (Å²) in [5, 5.41) is 14.3. The van der Waals surface area contributed by atoms with Gasteiger partial charge in [0.25, 0.3) is 5.22 Å². The molecule has 2 heterocycles. The lowest BCUT2D eigenvalue weighted by molar-refractivity contribution is 0.429. The minimum atomic E-state index is 0.464. The Morgan fingerprint density at radius 3 is 2.92 bits per heavy atom. The third kappa shape index (κ3) is 1.64. The Labute approximate surface area is 77.9 Å². The fourth-order valence-corrected chi connectivity index (χ4v) is 1.47. The second kappa shape index (κ2) is 3.09. The van der Waals surface area contributed by atoms with Crippen molar-refractivity contribution in [1.29, 1.82) is 0 Å². The highest BCUT2D eigenvalue weighted by Gasteiger charge is 2.08. The number of nitrogens with two attached hydrogens (primary N) is 1. The molecule has 7 heteroatoms. The maximum atomic E-state index is 5.57. The van der Waals surface area contributed by atoms with Gasteiger partial charge in [-0.2, -0.15) is 5.10 Å². The lowest BCUT2D eigenvalue weighted by Gasteiger charge is -1.90. The van der Waals surface area contributed by atoms with Gasteiger partial charge in [0.05, 0.1) is 11.1 Å². The molecule has 0 aliphatic heterocycles. The number of nitrogens with one attached hydrogen (secondary N) is 1. The van der Waals surface area contributed by atoms with E-state index in [2.05, 4.69) is 20.4 Å². The van der Waals surface area contributed by atoms with Gasteiger partial charge < -0.3 is 10.2 Å². The summed E-state index contributed by atoms with van der Waals surface area (Å²) in [4.78, 5) is 0.781. The number of aryl methyl sites for hydroxylation is 1. The molecule has 0 radical (unpaired) electrons. The van der Waals surface area contributed by atoms with Gasteiger partial charge >= 0.3 is 0 Å². The van der Waals surface area contributed by atoms with Crippen molar-refractivity contribution in [2.45, 2.75) is 17.0 Å². The quantitative estimate of drug-likeness (QED) is 0.740. The zero-order valence-corrected chi connectivity index (χ0v) is 7.63. The van der Waals surface area contributed by atoms with Crippen LogP contribution in [0.3, 0.4) is 0 Å². The van der Waals surface area contributed by atoms with E-state index < -0.39 is 0 Å². The van der Waals surface area contributed by atoms with E-state index in [0.717, 1.165) is 4.90 Å². The number of anilines is 1. The smallest absolute Gasteiger partial charge is 0.281 e. The first-order chi connectivity index (χ1) is 6.25. The van der Waals surface area contributed by atoms with E-state index in [1.807, 2.05) is 0 Å². The molecule has 0 amide bonds. The molecule has 0 fully saturated rings. The van der Waals surface area contributed by atoms with E-state index in [9.17, 15) is 0 Å². The zero-order valence-electron chi connectivity index (χ0n) is 6.81. The predicted molar refractivity (Wildman–Crippen MR) is 46.2 cm³/mol. The summed E-state index contributed by atoms with van der Waals surface area (Å²) in [6.45, 7) is 1.73. The first kappa shape index (κ1) is 8.11. The lowest BCUT2D eigenvalue weighted by Crippen LogP contribution is -1.85. The first-order valence-electron chi connectivity index (χ1n) is 3.52. The highest BCUT2D eigenvalue weighted by molar-refractivity contribution is 7.99. The molecule has 3 N–H and O–H groups in total. The van der Waals surface area contributed by atoms with Gasteiger partial charge in [0, 0.05) is 6.92 Å². The number of aromatic amines is 1. The monoisotopic (exact) mass is 197 g/mol. The predicted octanol–water partition coefficient (Wildman–Crippen LogP) is 0.835. The summed E-state index contributed by atoms with van der Waals surface area (Å²) in [6, 6.07) is 0. The van der Waals surface area contributed by atoms with Gasteiger partial charge in [0.1, 0.15) is 5.82 Å². The lowest BCUT2D eigenvalue weighted by atomic mass is 10.7. The highest BCUT2D eigenvalue weighted by atomic mass is 32.2. The normalized spacial score (nSPS) is 10.5. The van der Waals surface area contributed by atoms with Crippen LogP contribution in [0.2, 0.25) is 0 Å². The first-order valence-corrected chi connectivity index (χ1v) is 4.34. The van der Waals surface area contributed by atoms with Gasteiger partial charge in [-0.15, -0.1) is 10.2 Å². The Hall–Kier alpha value is -1.50. The third-order valence-corrected chi connectivity index (χ3v) is 2.22. The van der Waals surface area contributed by atoms with Crippen molar-refractivity contribution in [2.24, 2.45) is 0 Å². The summed E-state index contributed by atoms with van der Waals surface area (Å²) in [5.41, 5.74) is 5.57. The van der Waals surface area contributed by atoms with Gasteiger partial charge in [0.2, 0.25) is 5.89 Å². The van der Waals surface area contributed by atoms with E-state index in [-0.39, 0.29) is 0 Å². The van der Waals surface area contributed by atoms with Gasteiger partial charge in [-0.25, -0.2) is 0 Å². The van der Waals surface area contributed by atoms with Crippen LogP contribution in [0.25, 0.3) is 0 Å². The zero-order chi connectivity index (χ0) is 9.26. The van der Waals surface area contributed by atoms with E-state index in [1.54, 1.807) is 13.1 Å². The topological polar surface area (TPSA) is 93.6 Å². The Morgan fingerprint density at radius 2 is 2.38 bits per heavy atom. The fourth-order valence-electron chi connectivity index (χ4n) is 0.780. The maximum absolute atomic E-state index is 5.57. The molecule has 0 aromatic carbocycles. The van der Waals surface area contributed by atoms with Crippen LogP contribution in [0.1, 0.15) is 5.89 Å². The molecule has 0 unspecified atom stereocenters. The van der Waals surface area contributed by atoms with Crippen LogP contribution >= 0.6 is 11.8 Å². The van der Waals surface area contributed by atoms with E-state index >= 15 is 0 Å². The summed E-state index contributed by atoms with van der Waals surface area (Å²) < 4.78 is 5.16. The highest BCUT2D eigenvalue weighted by Crippen LogP contribution is 2.28. The molecule has 6 nitrogen and oxygen atoms in total. The van der Waals surface area contributed by atoms with Gasteiger partial charge in [0.15, 0.2) is 0 Å². The Kier molecular flexibility index (Phi) is 1.93. The molecular weight excluding hydrogens is 190 g/mol. The molecular formula is C6H7N5OS. The number of rotatable bonds is 2. The number of H-pyrrole nitrogens is 1. The number of aromatic nitrogens is 4. The number of hydrogen-bond acceptors (Lipinski definition) is 6. The van der Waals surface area contributed by atoms with Gasteiger partial charge in [-0.1, -0.05) is 0 Å². The standard InChI is InChI=1S/C6H7N5OS/c1-3-9-11-6(12-3)13-4-2-8-10-5(4)7/h2H,1H3,(H3,7,8,10). The fraction of sp³-hybridized carbons (Fsp3) is 0.167. The van der Waals surface area contributed by atoms with Crippen LogP contribution in [0.15, 0.2) is 20.7 Å². The SMILES string of the molecule is Cc1nnc(Sc2cn[nH]c2N)o1.